The molecule has 80 valence electrons. The van der Waals surface area contributed by atoms with Gasteiger partial charge in [0.25, 0.3) is 0 Å². The Balaban J connectivity index is 2.18. The molecular weight excluding hydrogens is 202 g/mol. The highest BCUT2D eigenvalue weighted by molar-refractivity contribution is 5.85. The minimum atomic E-state index is 0.393. The third-order valence-electron chi connectivity index (χ3n) is 2.57. The van der Waals surface area contributed by atoms with E-state index in [1.54, 1.807) is 6.07 Å². The number of nitrogens with zero attached hydrogens (tertiary/aromatic N) is 1. The quantitative estimate of drug-likeness (QED) is 0.653. The summed E-state index contributed by atoms with van der Waals surface area (Å²) in [6.07, 6.45) is 0. The molecule has 3 N–H and O–H groups in total. The highest BCUT2D eigenvalue weighted by Gasteiger charge is 2.08. The van der Waals surface area contributed by atoms with E-state index in [1.807, 2.05) is 6.07 Å². The van der Waals surface area contributed by atoms with Gasteiger partial charge in [-0.25, -0.2) is 0 Å². The molecule has 3 rings (SSSR count). The minimum absolute atomic E-state index is 0.393. The average molecular weight is 213 g/mol. The number of hydrogen-bond donors (Lipinski definition) is 2. The third kappa shape index (κ3) is 1.35. The largest absolute Gasteiger partial charge is 0.381 e. The topological polar surface area (TPSA) is 67.8 Å². The van der Waals surface area contributed by atoms with Gasteiger partial charge in [-0.2, -0.15) is 0 Å². The predicted octanol–water partition coefficient (Wildman–Crippen LogP) is 2.71. The lowest BCUT2D eigenvalue weighted by Crippen LogP contribution is -1.79. The van der Waals surface area contributed by atoms with Crippen molar-refractivity contribution in [1.82, 2.24) is 10.1 Å². The molecule has 3 aromatic rings. The summed E-state index contributed by atoms with van der Waals surface area (Å²) in [5.41, 5.74) is 8.72. The van der Waals surface area contributed by atoms with Crippen LogP contribution in [0.4, 0.5) is 5.82 Å². The Kier molecular flexibility index (Phi) is 1.77. The van der Waals surface area contributed by atoms with Crippen LogP contribution in [0.15, 0.2) is 34.9 Å². The highest BCUT2D eigenvalue weighted by Crippen LogP contribution is 2.25. The number of aromatic nitrogens is 2. The number of fused-ring (bicyclic) bond motifs is 1. The first-order valence-corrected chi connectivity index (χ1v) is 5.04. The highest BCUT2D eigenvalue weighted by atomic mass is 16.5. The van der Waals surface area contributed by atoms with Crippen LogP contribution in [0.2, 0.25) is 0 Å². The summed E-state index contributed by atoms with van der Waals surface area (Å²) in [5, 5.41) is 4.81. The fourth-order valence-electron chi connectivity index (χ4n) is 1.79. The van der Waals surface area contributed by atoms with Crippen LogP contribution in [0.25, 0.3) is 22.4 Å². The third-order valence-corrected chi connectivity index (χ3v) is 2.57. The lowest BCUT2D eigenvalue weighted by atomic mass is 10.2. The summed E-state index contributed by atoms with van der Waals surface area (Å²) >= 11 is 0. The molecule has 16 heavy (non-hydrogen) atoms. The first kappa shape index (κ1) is 9.03. The average Bonchev–Trinajstić information content (AvgIpc) is 2.83. The molecule has 0 fully saturated rings. The van der Waals surface area contributed by atoms with E-state index in [9.17, 15) is 0 Å². The van der Waals surface area contributed by atoms with Crippen molar-refractivity contribution in [2.45, 2.75) is 6.92 Å². The van der Waals surface area contributed by atoms with Crippen LogP contribution in [0, 0.1) is 6.92 Å². The Hall–Kier alpha value is -2.23. The fraction of sp³-hybridized carbons (Fsp3) is 0.0833. The van der Waals surface area contributed by atoms with Gasteiger partial charge in [0.05, 0.1) is 5.69 Å². The van der Waals surface area contributed by atoms with Gasteiger partial charge < -0.3 is 15.2 Å². The second kappa shape index (κ2) is 3.13. The van der Waals surface area contributed by atoms with E-state index in [1.165, 1.54) is 5.56 Å². The molecule has 0 amide bonds. The molecule has 0 aliphatic heterocycles. The predicted molar refractivity (Wildman–Crippen MR) is 62.9 cm³/mol. The Bertz CT molecular complexity index is 651. The van der Waals surface area contributed by atoms with Crippen LogP contribution in [0.1, 0.15) is 5.56 Å². The van der Waals surface area contributed by atoms with E-state index in [-0.39, 0.29) is 0 Å². The smallest absolute Gasteiger partial charge is 0.185 e. The number of benzene rings is 1. The molecule has 0 spiro atoms. The number of aromatic amines is 1. The van der Waals surface area contributed by atoms with Gasteiger partial charge in [-0.15, -0.1) is 0 Å². The van der Waals surface area contributed by atoms with Crippen molar-refractivity contribution in [2.75, 3.05) is 5.73 Å². The van der Waals surface area contributed by atoms with Crippen molar-refractivity contribution >= 4 is 16.7 Å². The Labute approximate surface area is 92.0 Å². The van der Waals surface area contributed by atoms with Gasteiger partial charge in [0.2, 0.25) is 0 Å². The number of H-pyrrole nitrogens is 1. The molecule has 0 bridgehead atoms. The van der Waals surface area contributed by atoms with E-state index >= 15 is 0 Å². The van der Waals surface area contributed by atoms with Crippen LogP contribution in [0.5, 0.6) is 0 Å². The second-order valence-corrected chi connectivity index (χ2v) is 3.89. The summed E-state index contributed by atoms with van der Waals surface area (Å²) < 4.78 is 5.10. The lowest BCUT2D eigenvalue weighted by Gasteiger charge is -1.91. The molecule has 2 aromatic heterocycles. The zero-order chi connectivity index (χ0) is 11.1. The number of aryl methyl sites for hydroxylation is 1. The molecule has 0 saturated carbocycles. The Morgan fingerprint density at radius 3 is 2.88 bits per heavy atom. The summed E-state index contributed by atoms with van der Waals surface area (Å²) in [7, 11) is 0. The van der Waals surface area contributed by atoms with Crippen LogP contribution in [-0.2, 0) is 0 Å². The first-order valence-electron chi connectivity index (χ1n) is 5.04. The molecule has 0 aliphatic carbocycles. The number of anilines is 1. The normalized spacial score (nSPS) is 11.1. The maximum atomic E-state index is 5.52. The van der Waals surface area contributed by atoms with Gasteiger partial charge in [-0.1, -0.05) is 17.3 Å². The lowest BCUT2D eigenvalue weighted by molar-refractivity contribution is 0.435. The van der Waals surface area contributed by atoms with Crippen LogP contribution in [-0.4, -0.2) is 10.1 Å². The minimum Gasteiger partial charge on any atom is -0.381 e. The molecule has 0 unspecified atom stereocenters. The number of nitrogen functional groups attached to an aromatic ring is 1. The standard InChI is InChI=1S/C12H11N3O/c1-7-2-3-8-5-10(14-9(8)4-7)11-6-12(13)15-16-11/h2-6,14H,1H3,(H2,13,15). The molecule has 0 saturated heterocycles. The monoisotopic (exact) mass is 213 g/mol. The summed E-state index contributed by atoms with van der Waals surface area (Å²) in [6.45, 7) is 2.06. The van der Waals surface area contributed by atoms with Gasteiger partial charge in [0, 0.05) is 17.0 Å². The van der Waals surface area contributed by atoms with Crippen LogP contribution >= 0.6 is 0 Å². The molecule has 2 heterocycles. The SMILES string of the molecule is Cc1ccc2cc(-c3cc(N)no3)[nH]c2c1. The fourth-order valence-corrected chi connectivity index (χ4v) is 1.79. The van der Waals surface area contributed by atoms with Crippen molar-refractivity contribution in [3.8, 4) is 11.5 Å². The van der Waals surface area contributed by atoms with E-state index in [0.717, 1.165) is 16.6 Å². The second-order valence-electron chi connectivity index (χ2n) is 3.89. The van der Waals surface area contributed by atoms with Gasteiger partial charge in [0.15, 0.2) is 11.6 Å². The van der Waals surface area contributed by atoms with E-state index in [0.29, 0.717) is 11.6 Å². The van der Waals surface area contributed by atoms with E-state index in [4.69, 9.17) is 10.3 Å². The number of rotatable bonds is 1. The molecule has 1 aromatic carbocycles. The molecule has 0 atom stereocenters. The van der Waals surface area contributed by atoms with Crippen molar-refractivity contribution in [3.63, 3.8) is 0 Å². The van der Waals surface area contributed by atoms with Crippen LogP contribution in [0.3, 0.4) is 0 Å². The molecule has 4 heteroatoms. The maximum Gasteiger partial charge on any atom is 0.185 e. The summed E-state index contributed by atoms with van der Waals surface area (Å²) in [6, 6.07) is 9.98. The number of hydrogen-bond acceptors (Lipinski definition) is 3. The zero-order valence-electron chi connectivity index (χ0n) is 8.82. The first-order chi connectivity index (χ1) is 7.72. The molecule has 4 nitrogen and oxygen atoms in total. The van der Waals surface area contributed by atoms with Gasteiger partial charge in [-0.3, -0.25) is 0 Å². The van der Waals surface area contributed by atoms with Gasteiger partial charge in [-0.05, 0) is 24.6 Å². The van der Waals surface area contributed by atoms with Gasteiger partial charge >= 0.3 is 0 Å². The maximum absolute atomic E-state index is 5.52. The summed E-state index contributed by atoms with van der Waals surface area (Å²) in [4.78, 5) is 3.28. The molecule has 0 radical (unpaired) electrons. The number of nitrogens with two attached hydrogens (primary N) is 1. The van der Waals surface area contributed by atoms with E-state index < -0.39 is 0 Å². The zero-order valence-corrected chi connectivity index (χ0v) is 8.82. The van der Waals surface area contributed by atoms with Crippen molar-refractivity contribution in [2.24, 2.45) is 0 Å². The molecule has 0 aliphatic rings. The van der Waals surface area contributed by atoms with Gasteiger partial charge in [0.1, 0.15) is 0 Å². The number of nitrogens with one attached hydrogen (secondary N) is 1. The Morgan fingerprint density at radius 1 is 1.25 bits per heavy atom. The van der Waals surface area contributed by atoms with Crippen LogP contribution < -0.4 is 5.73 Å². The Morgan fingerprint density at radius 2 is 2.12 bits per heavy atom. The van der Waals surface area contributed by atoms with Crippen molar-refractivity contribution in [3.05, 3.63) is 35.9 Å². The molecular formula is C12H11N3O. The van der Waals surface area contributed by atoms with Crippen molar-refractivity contribution in [1.29, 1.82) is 0 Å². The van der Waals surface area contributed by atoms with E-state index in [2.05, 4.69) is 35.3 Å². The van der Waals surface area contributed by atoms with Crippen molar-refractivity contribution < 1.29 is 4.52 Å². The summed E-state index contributed by atoms with van der Waals surface area (Å²) in [5.74, 6) is 1.05.